The highest BCUT2D eigenvalue weighted by molar-refractivity contribution is 5.13. The van der Waals surface area contributed by atoms with E-state index in [1.165, 1.54) is 0 Å². The van der Waals surface area contributed by atoms with Crippen LogP contribution in [0.4, 0.5) is 0 Å². The lowest BCUT2D eigenvalue weighted by Crippen LogP contribution is -1.73. The maximum absolute atomic E-state index is 7.51. The Hall–Kier alpha value is -0.780. The van der Waals surface area contributed by atoms with Crippen LogP contribution in [0.15, 0.2) is 30.2 Å². The fourth-order valence-electron chi connectivity index (χ4n) is 0.312. The molecule has 1 rings (SSSR count). The summed E-state index contributed by atoms with van der Waals surface area (Å²) in [7, 11) is 0. The van der Waals surface area contributed by atoms with Crippen LogP contribution in [0.25, 0.3) is 0 Å². The monoisotopic (exact) mass is 116 g/mol. The molecular formula is C8H10. The second kappa shape index (κ2) is 2.51. The van der Waals surface area contributed by atoms with Gasteiger partial charge in [0.25, 0.3) is 0 Å². The molecule has 0 saturated carbocycles. The van der Waals surface area contributed by atoms with Crippen molar-refractivity contribution in [2.24, 2.45) is 0 Å². The first-order chi connectivity index (χ1) is 7.93. The van der Waals surface area contributed by atoms with Gasteiger partial charge in [0.1, 0.15) is 0 Å². The first-order valence-corrected chi connectivity index (χ1v) is 2.00. The van der Waals surface area contributed by atoms with Crippen molar-refractivity contribution in [1.29, 1.82) is 0 Å². The largest absolute Gasteiger partial charge is 0.0626 e. The molecule has 0 heterocycles. The van der Waals surface area contributed by atoms with Gasteiger partial charge in [-0.2, -0.15) is 0 Å². The Morgan fingerprint density at radius 3 is 3.00 bits per heavy atom. The van der Waals surface area contributed by atoms with Crippen LogP contribution in [-0.2, 0) is 6.37 Å². The van der Waals surface area contributed by atoms with Gasteiger partial charge < -0.3 is 0 Å². The Kier molecular flexibility index (Phi) is 0.295. The number of benzene rings is 1. The molecule has 0 aliphatic carbocycles. The zero-order valence-corrected chi connectivity index (χ0v) is 4.00. The normalized spacial score (nSPS) is 30.5. The minimum absolute atomic E-state index is 0.685. The van der Waals surface area contributed by atoms with Gasteiger partial charge in [-0.05, 0) is 11.9 Å². The molecule has 0 N–H and O–H groups in total. The molecule has 0 saturated heterocycles. The van der Waals surface area contributed by atoms with E-state index in [0.29, 0.717) is 0 Å². The van der Waals surface area contributed by atoms with Crippen LogP contribution in [0.3, 0.4) is 0 Å². The lowest BCUT2D eigenvalue weighted by molar-refractivity contribution is 1.14. The summed E-state index contributed by atoms with van der Waals surface area (Å²) in [6, 6.07) is -3.85. The molecule has 42 valence electrons. The molecule has 1 aromatic carbocycles. The molecule has 0 heteroatoms. The first kappa shape index (κ1) is 0.942. The highest BCUT2D eigenvalue weighted by Gasteiger charge is 1.79. The highest BCUT2D eigenvalue weighted by atomic mass is 13.9. The summed E-state index contributed by atoms with van der Waals surface area (Å²) in [6.45, 7) is -3.12. The quantitative estimate of drug-likeness (QED) is 0.528. The maximum atomic E-state index is 7.51. The van der Waals surface area contributed by atoms with Crippen molar-refractivity contribution in [3.63, 3.8) is 0 Å². The van der Waals surface area contributed by atoms with Gasteiger partial charge in [-0.15, -0.1) is 0 Å². The third-order valence-corrected chi connectivity index (χ3v) is 0.625. The topological polar surface area (TPSA) is 0 Å². The number of hydrogen-bond donors (Lipinski definition) is 0. The van der Waals surface area contributed by atoms with Crippen LogP contribution in [0.1, 0.15) is 26.1 Å². The summed E-state index contributed by atoms with van der Waals surface area (Å²) >= 11 is 0. The van der Waals surface area contributed by atoms with Gasteiger partial charge in [0.05, 0.1) is 6.85 Å². The van der Waals surface area contributed by atoms with Crippen molar-refractivity contribution in [3.05, 3.63) is 35.8 Å². The Labute approximate surface area is 64.2 Å². The Balaban J connectivity index is 3.72. The summed E-state index contributed by atoms with van der Waals surface area (Å²) in [6.07, 6.45) is -3.01. The van der Waals surface area contributed by atoms with E-state index in [4.69, 9.17) is 13.7 Å². The van der Waals surface area contributed by atoms with Crippen molar-refractivity contribution < 1.29 is 13.7 Å². The lowest BCUT2D eigenvalue weighted by Gasteiger charge is -1.89. The lowest BCUT2D eigenvalue weighted by atomic mass is 10.2. The molecule has 0 aromatic heterocycles. The van der Waals surface area contributed by atoms with Crippen molar-refractivity contribution >= 4 is 0 Å². The molecule has 0 amide bonds. The molecule has 8 heavy (non-hydrogen) atoms. The van der Waals surface area contributed by atoms with Crippen LogP contribution >= 0.6 is 0 Å². The van der Waals surface area contributed by atoms with Crippen molar-refractivity contribution in [2.45, 2.75) is 13.2 Å². The molecule has 0 nitrogen and oxygen atoms in total. The third-order valence-electron chi connectivity index (χ3n) is 0.625. The fourth-order valence-corrected chi connectivity index (χ4v) is 0.312. The highest BCUT2D eigenvalue weighted by Crippen LogP contribution is 1.96. The molecule has 0 fully saturated rings. The van der Waals surface area contributed by atoms with E-state index in [-0.39, 0.29) is 0 Å². The van der Waals surface area contributed by atoms with Crippen LogP contribution < -0.4 is 0 Å². The van der Waals surface area contributed by atoms with Gasteiger partial charge in [0.15, 0.2) is 0 Å². The van der Waals surface area contributed by atoms with Gasteiger partial charge in [0.2, 0.25) is 0 Å². The zero-order valence-electron chi connectivity index (χ0n) is 14.0. The maximum Gasteiger partial charge on any atom is 0.0626 e. The van der Waals surface area contributed by atoms with Gasteiger partial charge in [0, 0.05) is 6.85 Å². The minimum Gasteiger partial charge on any atom is -0.0622 e. The smallest absolute Gasteiger partial charge is 0.0622 e. The molecule has 0 aliphatic heterocycles. The molecule has 0 unspecified atom stereocenters. The number of rotatable bonds is 1. The summed E-state index contributed by atoms with van der Waals surface area (Å²) in [4.78, 5) is 0. The van der Waals surface area contributed by atoms with Crippen LogP contribution in [0.2, 0.25) is 0 Å². The van der Waals surface area contributed by atoms with Gasteiger partial charge >= 0.3 is 0 Å². The Morgan fingerprint density at radius 1 is 1.62 bits per heavy atom. The van der Waals surface area contributed by atoms with Crippen LogP contribution in [-0.4, -0.2) is 0 Å². The minimum atomic E-state index is -3.12. The molecule has 0 radical (unpaired) electrons. The molecule has 0 aliphatic rings. The summed E-state index contributed by atoms with van der Waals surface area (Å²) in [5, 5.41) is 0. The standard InChI is InChI=1S/C8H10/c1-2-8-6-4-3-5-7-8/h3-7H,2H2,1H3/i1D3,2D2,3D,4D,5D,6D,7D. The zero-order chi connectivity index (χ0) is 14.5. The SMILES string of the molecule is [2H]c1c([2H])c([2H])c(C([2H])([2H])C([2H])([2H])[2H])c([2H])c1[2H]. The average molecular weight is 116 g/mol. The van der Waals surface area contributed by atoms with Gasteiger partial charge in [-0.25, -0.2) is 0 Å². The van der Waals surface area contributed by atoms with E-state index in [2.05, 4.69) is 0 Å². The molecule has 0 bridgehead atoms. The summed E-state index contributed by atoms with van der Waals surface area (Å²) < 4.78 is 73.3. The van der Waals surface area contributed by atoms with Crippen molar-refractivity contribution in [1.82, 2.24) is 0 Å². The van der Waals surface area contributed by atoms with Gasteiger partial charge in [-0.1, -0.05) is 37.1 Å². The Bertz CT molecular complexity index is 457. The van der Waals surface area contributed by atoms with E-state index < -0.39 is 49.0 Å². The van der Waals surface area contributed by atoms with Gasteiger partial charge in [-0.3, -0.25) is 0 Å². The Morgan fingerprint density at radius 2 is 2.38 bits per heavy atom. The van der Waals surface area contributed by atoms with Crippen LogP contribution in [0.5, 0.6) is 0 Å². The fraction of sp³-hybridized carbons (Fsp3) is 0.250. The van der Waals surface area contributed by atoms with E-state index in [1.807, 2.05) is 0 Å². The molecule has 0 spiro atoms. The summed E-state index contributed by atoms with van der Waals surface area (Å²) in [5.74, 6) is 0. The first-order valence-electron chi connectivity index (χ1n) is 7.00. The molecular weight excluding hydrogens is 96.1 g/mol. The van der Waals surface area contributed by atoms with Crippen molar-refractivity contribution in [3.8, 4) is 0 Å². The van der Waals surface area contributed by atoms with Crippen LogP contribution in [0, 0.1) is 0 Å². The van der Waals surface area contributed by atoms with E-state index in [0.717, 1.165) is 0 Å². The van der Waals surface area contributed by atoms with E-state index >= 15 is 0 Å². The van der Waals surface area contributed by atoms with E-state index in [9.17, 15) is 0 Å². The second-order valence-corrected chi connectivity index (χ2v) is 1.12. The molecule has 0 atom stereocenters. The third kappa shape index (κ3) is 1.09. The van der Waals surface area contributed by atoms with Crippen molar-refractivity contribution in [2.75, 3.05) is 0 Å². The number of hydrogen-bond acceptors (Lipinski definition) is 0. The average Bonchev–Trinajstić information content (AvgIpc) is 2.22. The predicted octanol–water partition coefficient (Wildman–Crippen LogP) is 2.25. The predicted molar refractivity (Wildman–Crippen MR) is 35.8 cm³/mol. The summed E-state index contributed by atoms with van der Waals surface area (Å²) in [5.41, 5.74) is -0.839. The van der Waals surface area contributed by atoms with E-state index in [1.54, 1.807) is 0 Å². The second-order valence-electron chi connectivity index (χ2n) is 1.12. The molecule has 1 aromatic rings.